The molecule has 156 valence electrons. The molecule has 30 heavy (non-hydrogen) atoms. The molecule has 0 saturated carbocycles. The highest BCUT2D eigenvalue weighted by Gasteiger charge is 2.43. The highest BCUT2D eigenvalue weighted by Crippen LogP contribution is 2.43. The minimum atomic E-state index is -0.540. The molecule has 2 heterocycles. The van der Waals surface area contributed by atoms with Gasteiger partial charge in [-0.2, -0.15) is 5.10 Å². The van der Waals surface area contributed by atoms with Gasteiger partial charge in [-0.25, -0.2) is 0 Å². The fourth-order valence-electron chi connectivity index (χ4n) is 3.88. The maximum Gasteiger partial charge on any atom is 0.273 e. The lowest BCUT2D eigenvalue weighted by molar-refractivity contribution is -0.113. The Morgan fingerprint density at radius 1 is 1.10 bits per heavy atom. The molecule has 1 N–H and O–H groups in total. The standard InChI is InChI=1S/C23H25N3O4/c1-14-8-10-15(11-9-14)20-19-21(25-24-20)23(27)26(13-18(29-3)30-4)22(19)16-6-5-7-17(12-16)28-2/h5-12,18,22H,13H2,1-4H3,(H,24,25). The number of aryl methyl sites for hydroxylation is 1. The van der Waals surface area contributed by atoms with Crippen LogP contribution in [-0.4, -0.2) is 55.2 Å². The molecule has 0 fully saturated rings. The van der Waals surface area contributed by atoms with Gasteiger partial charge < -0.3 is 19.1 Å². The molecular weight excluding hydrogens is 382 g/mol. The van der Waals surface area contributed by atoms with E-state index in [1.54, 1.807) is 26.2 Å². The summed E-state index contributed by atoms with van der Waals surface area (Å²) < 4.78 is 16.2. The van der Waals surface area contributed by atoms with Crippen LogP contribution in [0.3, 0.4) is 0 Å². The van der Waals surface area contributed by atoms with Gasteiger partial charge in [-0.15, -0.1) is 0 Å². The third kappa shape index (κ3) is 3.46. The molecule has 3 aromatic rings. The number of aromatic amines is 1. The predicted octanol–water partition coefficient (Wildman–Crippen LogP) is 3.56. The quantitative estimate of drug-likeness (QED) is 0.606. The number of hydrogen-bond acceptors (Lipinski definition) is 5. The fraction of sp³-hybridized carbons (Fsp3) is 0.304. The largest absolute Gasteiger partial charge is 0.497 e. The molecule has 1 aliphatic heterocycles. The summed E-state index contributed by atoms with van der Waals surface area (Å²) in [5.41, 5.74) is 5.15. The van der Waals surface area contributed by atoms with Crippen molar-refractivity contribution < 1.29 is 19.0 Å². The van der Waals surface area contributed by atoms with Gasteiger partial charge in [0, 0.05) is 25.3 Å². The molecule has 0 spiro atoms. The van der Waals surface area contributed by atoms with Crippen LogP contribution in [0.25, 0.3) is 11.3 Å². The van der Waals surface area contributed by atoms with E-state index in [2.05, 4.69) is 10.2 Å². The highest BCUT2D eigenvalue weighted by atomic mass is 16.7. The number of benzene rings is 2. The number of aromatic nitrogens is 2. The van der Waals surface area contributed by atoms with E-state index in [4.69, 9.17) is 14.2 Å². The van der Waals surface area contributed by atoms with E-state index >= 15 is 0 Å². The van der Waals surface area contributed by atoms with Crippen LogP contribution in [0, 0.1) is 6.92 Å². The smallest absolute Gasteiger partial charge is 0.273 e. The Morgan fingerprint density at radius 2 is 1.83 bits per heavy atom. The second-order valence-electron chi connectivity index (χ2n) is 7.26. The van der Waals surface area contributed by atoms with Crippen LogP contribution in [0.5, 0.6) is 5.75 Å². The Kier molecular flexibility index (Phi) is 5.57. The van der Waals surface area contributed by atoms with Gasteiger partial charge >= 0.3 is 0 Å². The van der Waals surface area contributed by atoms with Crippen LogP contribution in [0.2, 0.25) is 0 Å². The molecule has 2 aromatic carbocycles. The molecule has 7 nitrogen and oxygen atoms in total. The predicted molar refractivity (Wildman–Crippen MR) is 112 cm³/mol. The summed E-state index contributed by atoms with van der Waals surface area (Å²) in [5.74, 6) is 0.589. The molecule has 1 unspecified atom stereocenters. The maximum atomic E-state index is 13.3. The molecule has 0 radical (unpaired) electrons. The number of methoxy groups -OCH3 is 3. The molecule has 1 aromatic heterocycles. The van der Waals surface area contributed by atoms with Crippen molar-refractivity contribution in [1.82, 2.24) is 15.1 Å². The first-order chi connectivity index (χ1) is 14.6. The SMILES string of the molecule is COc1cccc(C2c3c(-c4ccc(C)cc4)n[nH]c3C(=O)N2CC(OC)OC)c1. The first-order valence-electron chi connectivity index (χ1n) is 9.73. The summed E-state index contributed by atoms with van der Waals surface area (Å²) in [7, 11) is 4.76. The number of ether oxygens (including phenoxy) is 3. The van der Waals surface area contributed by atoms with E-state index in [-0.39, 0.29) is 18.5 Å². The number of rotatable bonds is 7. The summed E-state index contributed by atoms with van der Waals surface area (Å²) >= 11 is 0. The number of carbonyl (C=O) groups is 1. The van der Waals surface area contributed by atoms with Gasteiger partial charge in [-0.1, -0.05) is 42.0 Å². The third-order valence-electron chi connectivity index (χ3n) is 5.47. The summed E-state index contributed by atoms with van der Waals surface area (Å²) in [5, 5.41) is 7.46. The Morgan fingerprint density at radius 3 is 2.50 bits per heavy atom. The zero-order valence-corrected chi connectivity index (χ0v) is 17.5. The number of hydrogen-bond donors (Lipinski definition) is 1. The second kappa shape index (κ2) is 8.30. The van der Waals surface area contributed by atoms with E-state index in [1.165, 1.54) is 0 Å². The fourth-order valence-corrected chi connectivity index (χ4v) is 3.88. The van der Waals surface area contributed by atoms with Gasteiger partial charge in [0.25, 0.3) is 5.91 Å². The van der Waals surface area contributed by atoms with Gasteiger partial charge in [-0.05, 0) is 24.6 Å². The topological polar surface area (TPSA) is 76.7 Å². The molecule has 1 atom stereocenters. The van der Waals surface area contributed by atoms with Gasteiger partial charge in [0.15, 0.2) is 6.29 Å². The van der Waals surface area contributed by atoms with Crippen molar-refractivity contribution in [3.05, 3.63) is 70.9 Å². The average Bonchev–Trinajstić information content (AvgIpc) is 3.31. The molecule has 4 rings (SSSR count). The number of carbonyl (C=O) groups excluding carboxylic acids is 1. The first kappa shape index (κ1) is 20.1. The lowest BCUT2D eigenvalue weighted by Gasteiger charge is -2.29. The van der Waals surface area contributed by atoms with E-state index in [0.717, 1.165) is 33.7 Å². The highest BCUT2D eigenvalue weighted by molar-refractivity contribution is 6.00. The van der Waals surface area contributed by atoms with Crippen LogP contribution < -0.4 is 4.74 Å². The van der Waals surface area contributed by atoms with Crippen molar-refractivity contribution in [2.24, 2.45) is 0 Å². The minimum absolute atomic E-state index is 0.136. The lowest BCUT2D eigenvalue weighted by atomic mass is 9.95. The summed E-state index contributed by atoms with van der Waals surface area (Å²) in [4.78, 5) is 15.1. The van der Waals surface area contributed by atoms with Crippen molar-refractivity contribution in [3.8, 4) is 17.0 Å². The van der Waals surface area contributed by atoms with E-state index < -0.39 is 6.29 Å². The Labute approximate surface area is 175 Å². The van der Waals surface area contributed by atoms with Gasteiger partial charge in [0.05, 0.1) is 25.4 Å². The monoisotopic (exact) mass is 407 g/mol. The molecule has 1 amide bonds. The first-order valence-corrected chi connectivity index (χ1v) is 9.73. The van der Waals surface area contributed by atoms with Crippen LogP contribution in [-0.2, 0) is 9.47 Å². The Balaban J connectivity index is 1.85. The second-order valence-corrected chi connectivity index (χ2v) is 7.26. The van der Waals surface area contributed by atoms with Crippen LogP contribution in [0.1, 0.15) is 33.2 Å². The van der Waals surface area contributed by atoms with Crippen molar-refractivity contribution in [1.29, 1.82) is 0 Å². The number of nitrogens with one attached hydrogen (secondary N) is 1. The molecule has 0 bridgehead atoms. The van der Waals surface area contributed by atoms with Crippen molar-refractivity contribution in [2.45, 2.75) is 19.3 Å². The zero-order chi connectivity index (χ0) is 21.3. The van der Waals surface area contributed by atoms with Gasteiger partial charge in [0.1, 0.15) is 11.4 Å². The molecule has 7 heteroatoms. The zero-order valence-electron chi connectivity index (χ0n) is 17.5. The van der Waals surface area contributed by atoms with Crippen LogP contribution in [0.15, 0.2) is 48.5 Å². The van der Waals surface area contributed by atoms with Crippen molar-refractivity contribution in [2.75, 3.05) is 27.9 Å². The van der Waals surface area contributed by atoms with E-state index in [1.807, 2.05) is 55.5 Å². The average molecular weight is 407 g/mol. The van der Waals surface area contributed by atoms with Gasteiger partial charge in [0.2, 0.25) is 0 Å². The molecular formula is C23H25N3O4. The Hall–Kier alpha value is -3.16. The normalized spacial score (nSPS) is 15.7. The van der Waals surface area contributed by atoms with Crippen LogP contribution in [0.4, 0.5) is 0 Å². The van der Waals surface area contributed by atoms with Crippen molar-refractivity contribution >= 4 is 5.91 Å². The number of nitrogens with zero attached hydrogens (tertiary/aromatic N) is 2. The van der Waals surface area contributed by atoms with Gasteiger partial charge in [-0.3, -0.25) is 9.89 Å². The molecule has 1 aliphatic rings. The maximum absolute atomic E-state index is 13.3. The van der Waals surface area contributed by atoms with Crippen molar-refractivity contribution in [3.63, 3.8) is 0 Å². The molecule has 0 saturated heterocycles. The lowest BCUT2D eigenvalue weighted by Crippen LogP contribution is -2.38. The Bertz CT molecular complexity index is 1040. The minimum Gasteiger partial charge on any atom is -0.497 e. The number of H-pyrrole nitrogens is 1. The number of fused-ring (bicyclic) bond motifs is 1. The summed E-state index contributed by atoms with van der Waals surface area (Å²) in [6.45, 7) is 2.32. The summed E-state index contributed by atoms with van der Waals surface area (Å²) in [6.07, 6.45) is -0.540. The van der Waals surface area contributed by atoms with Crippen LogP contribution >= 0.6 is 0 Å². The molecule has 0 aliphatic carbocycles. The third-order valence-corrected chi connectivity index (χ3v) is 5.47. The van der Waals surface area contributed by atoms with E-state index in [9.17, 15) is 4.79 Å². The number of amides is 1. The summed E-state index contributed by atoms with van der Waals surface area (Å²) in [6, 6.07) is 15.5. The van der Waals surface area contributed by atoms with E-state index in [0.29, 0.717) is 5.69 Å².